The first kappa shape index (κ1) is 15.9. The second-order valence-electron chi connectivity index (χ2n) is 6.04. The van der Waals surface area contributed by atoms with Crippen LogP contribution < -0.4 is 0 Å². The van der Waals surface area contributed by atoms with Gasteiger partial charge in [0.25, 0.3) is 11.6 Å². The van der Waals surface area contributed by atoms with Gasteiger partial charge in [-0.3, -0.25) is 19.8 Å². The van der Waals surface area contributed by atoms with Crippen LogP contribution in [0.3, 0.4) is 0 Å². The smallest absolute Gasteiger partial charge is 0.270 e. The van der Waals surface area contributed by atoms with Crippen molar-refractivity contribution in [3.8, 4) is 0 Å². The number of nitro groups is 1. The summed E-state index contributed by atoms with van der Waals surface area (Å²) in [7, 11) is 0. The van der Waals surface area contributed by atoms with Crippen LogP contribution >= 0.6 is 0 Å². The number of hydrogen-bond acceptors (Lipinski definition) is 5. The molecule has 124 valence electrons. The zero-order chi connectivity index (χ0) is 16.2. The Labute approximate surface area is 135 Å². The zero-order valence-electron chi connectivity index (χ0n) is 13.0. The quantitative estimate of drug-likeness (QED) is 0.621. The Hall–Kier alpha value is -1.99. The minimum atomic E-state index is -0.476. The molecule has 1 aromatic rings. The highest BCUT2D eigenvalue weighted by Gasteiger charge is 2.25. The second-order valence-corrected chi connectivity index (χ2v) is 6.04. The van der Waals surface area contributed by atoms with E-state index in [0.29, 0.717) is 24.8 Å². The minimum Gasteiger partial charge on any atom is -0.377 e. The molecule has 0 spiro atoms. The maximum Gasteiger partial charge on any atom is 0.270 e. The highest BCUT2D eigenvalue weighted by atomic mass is 16.6. The summed E-state index contributed by atoms with van der Waals surface area (Å²) >= 11 is 0. The van der Waals surface area contributed by atoms with Crippen LogP contribution in [-0.2, 0) is 4.74 Å². The van der Waals surface area contributed by atoms with Gasteiger partial charge in [0, 0.05) is 57.0 Å². The van der Waals surface area contributed by atoms with E-state index in [2.05, 4.69) is 4.90 Å². The monoisotopic (exact) mass is 319 g/mol. The lowest BCUT2D eigenvalue weighted by Crippen LogP contribution is -2.50. The van der Waals surface area contributed by atoms with Crippen LogP contribution in [0.5, 0.6) is 0 Å². The van der Waals surface area contributed by atoms with Gasteiger partial charge >= 0.3 is 0 Å². The van der Waals surface area contributed by atoms with Gasteiger partial charge in [-0.25, -0.2) is 0 Å². The van der Waals surface area contributed by atoms with Crippen molar-refractivity contribution in [2.24, 2.45) is 0 Å². The van der Waals surface area contributed by atoms with E-state index in [1.165, 1.54) is 12.1 Å². The highest BCUT2D eigenvalue weighted by molar-refractivity contribution is 5.94. The fourth-order valence-corrected chi connectivity index (χ4v) is 3.14. The topological polar surface area (TPSA) is 75.9 Å². The van der Waals surface area contributed by atoms with E-state index in [1.807, 2.05) is 0 Å². The largest absolute Gasteiger partial charge is 0.377 e. The molecule has 0 radical (unpaired) electrons. The minimum absolute atomic E-state index is 0.0483. The Morgan fingerprint density at radius 2 is 2.09 bits per heavy atom. The van der Waals surface area contributed by atoms with Gasteiger partial charge < -0.3 is 9.64 Å². The first-order chi connectivity index (χ1) is 11.1. The molecular formula is C16H21N3O4. The lowest BCUT2D eigenvalue weighted by molar-refractivity contribution is -0.384. The van der Waals surface area contributed by atoms with Gasteiger partial charge in [-0.1, -0.05) is 6.07 Å². The Morgan fingerprint density at radius 3 is 2.74 bits per heavy atom. The number of carbonyl (C=O) groups is 1. The summed E-state index contributed by atoms with van der Waals surface area (Å²) in [5.74, 6) is -0.134. The molecule has 7 nitrogen and oxygen atoms in total. The molecule has 0 N–H and O–H groups in total. The summed E-state index contributed by atoms with van der Waals surface area (Å²) in [4.78, 5) is 26.9. The van der Waals surface area contributed by atoms with E-state index in [1.54, 1.807) is 17.0 Å². The van der Waals surface area contributed by atoms with Gasteiger partial charge in [-0.2, -0.15) is 0 Å². The molecular weight excluding hydrogens is 298 g/mol. The van der Waals surface area contributed by atoms with E-state index in [0.717, 1.165) is 39.1 Å². The van der Waals surface area contributed by atoms with Crippen LogP contribution in [0.2, 0.25) is 0 Å². The third-order valence-electron chi connectivity index (χ3n) is 4.45. The number of carbonyl (C=O) groups excluding carboxylic acids is 1. The molecule has 1 aromatic carbocycles. The van der Waals surface area contributed by atoms with Gasteiger partial charge in [0.1, 0.15) is 0 Å². The standard InChI is InChI=1S/C16H21N3O4/c20-16(13-3-1-4-14(11-13)19(21)22)18-8-6-17(7-9-18)12-15-5-2-10-23-15/h1,3-4,11,15H,2,5-10,12H2. The predicted octanol–water partition coefficient (Wildman–Crippen LogP) is 1.53. The molecule has 1 unspecified atom stereocenters. The van der Waals surface area contributed by atoms with Crippen LogP contribution in [0.1, 0.15) is 23.2 Å². The van der Waals surface area contributed by atoms with E-state index in [4.69, 9.17) is 4.74 Å². The van der Waals surface area contributed by atoms with E-state index in [9.17, 15) is 14.9 Å². The number of non-ortho nitro benzene ring substituents is 1. The zero-order valence-corrected chi connectivity index (χ0v) is 13.0. The molecule has 0 aromatic heterocycles. The van der Waals surface area contributed by atoms with E-state index in [-0.39, 0.29) is 11.6 Å². The Bertz CT molecular complexity index is 578. The molecule has 0 saturated carbocycles. The van der Waals surface area contributed by atoms with Crippen molar-refractivity contribution in [3.05, 3.63) is 39.9 Å². The first-order valence-electron chi connectivity index (χ1n) is 8.01. The van der Waals surface area contributed by atoms with Crippen molar-refractivity contribution in [1.82, 2.24) is 9.80 Å². The highest BCUT2D eigenvalue weighted by Crippen LogP contribution is 2.17. The SMILES string of the molecule is O=C(c1cccc([N+](=O)[O-])c1)N1CCN(CC2CCCO2)CC1. The summed E-state index contributed by atoms with van der Waals surface area (Å²) in [5, 5.41) is 10.8. The normalized spacial score (nSPS) is 22.3. The molecule has 23 heavy (non-hydrogen) atoms. The van der Waals surface area contributed by atoms with Crippen LogP contribution in [0, 0.1) is 10.1 Å². The molecule has 2 heterocycles. The molecule has 2 fully saturated rings. The van der Waals surface area contributed by atoms with Crippen molar-refractivity contribution >= 4 is 11.6 Å². The fourth-order valence-electron chi connectivity index (χ4n) is 3.14. The Morgan fingerprint density at radius 1 is 1.30 bits per heavy atom. The predicted molar refractivity (Wildman–Crippen MR) is 84.4 cm³/mol. The maximum absolute atomic E-state index is 12.5. The molecule has 0 bridgehead atoms. The maximum atomic E-state index is 12.5. The molecule has 2 aliphatic rings. The van der Waals surface area contributed by atoms with Gasteiger partial charge in [0.15, 0.2) is 0 Å². The van der Waals surface area contributed by atoms with Crippen molar-refractivity contribution in [3.63, 3.8) is 0 Å². The number of benzene rings is 1. The van der Waals surface area contributed by atoms with Crippen molar-refractivity contribution < 1.29 is 14.5 Å². The number of piperazine rings is 1. The fraction of sp³-hybridized carbons (Fsp3) is 0.562. The average Bonchev–Trinajstić information content (AvgIpc) is 3.08. The number of hydrogen-bond donors (Lipinski definition) is 0. The van der Waals surface area contributed by atoms with Crippen molar-refractivity contribution in [2.75, 3.05) is 39.3 Å². The Kier molecular flexibility index (Phi) is 4.88. The summed E-state index contributed by atoms with van der Waals surface area (Å²) in [6.45, 7) is 4.72. The molecule has 3 rings (SSSR count). The molecule has 2 saturated heterocycles. The number of nitro benzene ring substituents is 1. The second kappa shape index (κ2) is 7.06. The third kappa shape index (κ3) is 3.86. The van der Waals surface area contributed by atoms with Crippen LogP contribution in [0.4, 0.5) is 5.69 Å². The van der Waals surface area contributed by atoms with E-state index >= 15 is 0 Å². The summed E-state index contributed by atoms with van der Waals surface area (Å²) in [6.07, 6.45) is 2.58. The molecule has 1 amide bonds. The number of amides is 1. The van der Waals surface area contributed by atoms with Crippen molar-refractivity contribution in [1.29, 1.82) is 0 Å². The van der Waals surface area contributed by atoms with Crippen molar-refractivity contribution in [2.45, 2.75) is 18.9 Å². The van der Waals surface area contributed by atoms with Crippen LogP contribution in [0.15, 0.2) is 24.3 Å². The number of ether oxygens (including phenoxy) is 1. The molecule has 2 aliphatic heterocycles. The molecule has 7 heteroatoms. The first-order valence-corrected chi connectivity index (χ1v) is 8.01. The lowest BCUT2D eigenvalue weighted by Gasteiger charge is -2.35. The van der Waals surface area contributed by atoms with Gasteiger partial charge in [0.05, 0.1) is 11.0 Å². The average molecular weight is 319 g/mol. The van der Waals surface area contributed by atoms with Crippen LogP contribution in [0.25, 0.3) is 0 Å². The molecule has 1 atom stereocenters. The van der Waals surface area contributed by atoms with E-state index < -0.39 is 4.92 Å². The van der Waals surface area contributed by atoms with Gasteiger partial charge in [-0.05, 0) is 18.9 Å². The van der Waals surface area contributed by atoms with Gasteiger partial charge in [-0.15, -0.1) is 0 Å². The molecule has 0 aliphatic carbocycles. The van der Waals surface area contributed by atoms with Crippen LogP contribution in [-0.4, -0.2) is 66.1 Å². The summed E-state index contributed by atoms with van der Waals surface area (Å²) < 4.78 is 5.65. The third-order valence-corrected chi connectivity index (χ3v) is 4.45. The number of nitrogens with zero attached hydrogens (tertiary/aromatic N) is 3. The Balaban J connectivity index is 1.55. The lowest BCUT2D eigenvalue weighted by atomic mass is 10.1. The number of rotatable bonds is 4. The van der Waals surface area contributed by atoms with Gasteiger partial charge in [0.2, 0.25) is 0 Å². The summed E-state index contributed by atoms with van der Waals surface area (Å²) in [6, 6.07) is 5.94. The summed E-state index contributed by atoms with van der Waals surface area (Å²) in [5.41, 5.74) is 0.333.